The third-order valence-electron chi connectivity index (χ3n) is 3.47. The van der Waals surface area contributed by atoms with Crippen LogP contribution in [-0.4, -0.2) is 49.7 Å². The molecule has 0 aromatic carbocycles. The topological polar surface area (TPSA) is 31.4 Å². The summed E-state index contributed by atoms with van der Waals surface area (Å²) in [7, 11) is 4.25. The predicted octanol–water partition coefficient (Wildman–Crippen LogP) is 2.97. The fourth-order valence-electron chi connectivity index (χ4n) is 2.44. The van der Waals surface area contributed by atoms with Gasteiger partial charge in [0, 0.05) is 30.6 Å². The molecule has 0 aliphatic heterocycles. The molecule has 0 bridgehead atoms. The molecule has 0 saturated carbocycles. The van der Waals surface area contributed by atoms with Gasteiger partial charge < -0.3 is 15.1 Å². The quantitative estimate of drug-likeness (QED) is 0.759. The van der Waals surface area contributed by atoms with E-state index in [2.05, 4.69) is 63.8 Å². The lowest BCUT2D eigenvalue weighted by Crippen LogP contribution is -2.40. The molecule has 1 unspecified atom stereocenters. The van der Waals surface area contributed by atoms with Crippen LogP contribution in [0.2, 0.25) is 0 Å². The summed E-state index contributed by atoms with van der Waals surface area (Å²) < 4.78 is 0. The highest BCUT2D eigenvalue weighted by atomic mass is 32.1. The van der Waals surface area contributed by atoms with E-state index >= 15 is 0 Å². The average Bonchev–Trinajstić information content (AvgIpc) is 2.70. The number of aromatic nitrogens is 1. The van der Waals surface area contributed by atoms with Crippen LogP contribution in [0.5, 0.6) is 0 Å². The Morgan fingerprint density at radius 2 is 1.90 bits per heavy atom. The van der Waals surface area contributed by atoms with Crippen LogP contribution in [-0.2, 0) is 6.54 Å². The van der Waals surface area contributed by atoms with E-state index in [1.165, 1.54) is 10.6 Å². The van der Waals surface area contributed by atoms with E-state index in [9.17, 15) is 0 Å². The van der Waals surface area contributed by atoms with Crippen LogP contribution >= 0.6 is 11.3 Å². The molecule has 21 heavy (non-hydrogen) atoms. The number of aryl methyl sites for hydroxylation is 1. The first-order chi connectivity index (χ1) is 9.85. The van der Waals surface area contributed by atoms with E-state index in [-0.39, 0.29) is 0 Å². The van der Waals surface area contributed by atoms with Crippen molar-refractivity contribution in [3.63, 3.8) is 0 Å². The van der Waals surface area contributed by atoms with Gasteiger partial charge in [0.25, 0.3) is 0 Å². The van der Waals surface area contributed by atoms with E-state index in [0.717, 1.165) is 31.3 Å². The van der Waals surface area contributed by atoms with Crippen molar-refractivity contribution in [3.05, 3.63) is 10.6 Å². The van der Waals surface area contributed by atoms with Crippen molar-refractivity contribution < 1.29 is 0 Å². The Bertz CT molecular complexity index is 414. The Kier molecular flexibility index (Phi) is 7.63. The van der Waals surface area contributed by atoms with Gasteiger partial charge >= 0.3 is 0 Å². The molecule has 1 aromatic heterocycles. The number of anilines is 1. The zero-order chi connectivity index (χ0) is 16.0. The summed E-state index contributed by atoms with van der Waals surface area (Å²) in [5.74, 6) is 0.685. The van der Waals surface area contributed by atoms with Gasteiger partial charge in [0.1, 0.15) is 0 Å². The van der Waals surface area contributed by atoms with Crippen LogP contribution in [0.15, 0.2) is 0 Å². The summed E-state index contributed by atoms with van der Waals surface area (Å²) in [5.41, 5.74) is 1.17. The maximum Gasteiger partial charge on any atom is 0.186 e. The molecular weight excluding hydrogens is 280 g/mol. The second-order valence-electron chi connectivity index (χ2n) is 6.43. The zero-order valence-corrected chi connectivity index (χ0v) is 15.5. The summed E-state index contributed by atoms with van der Waals surface area (Å²) in [6, 6.07) is 0.479. The lowest BCUT2D eigenvalue weighted by atomic mass is 10.2. The Balaban J connectivity index is 2.73. The Morgan fingerprint density at radius 3 is 2.43 bits per heavy atom. The maximum atomic E-state index is 4.79. The molecule has 0 aliphatic carbocycles. The van der Waals surface area contributed by atoms with E-state index in [1.807, 2.05) is 11.3 Å². The van der Waals surface area contributed by atoms with Gasteiger partial charge in [-0.3, -0.25) is 0 Å². The van der Waals surface area contributed by atoms with Crippen LogP contribution in [0.25, 0.3) is 0 Å². The first kappa shape index (κ1) is 18.4. The number of nitrogens with one attached hydrogen (secondary N) is 1. The van der Waals surface area contributed by atoms with Crippen LogP contribution in [0.3, 0.4) is 0 Å². The van der Waals surface area contributed by atoms with Gasteiger partial charge in [-0.05, 0) is 47.3 Å². The van der Waals surface area contributed by atoms with Gasteiger partial charge in [0.05, 0.1) is 5.69 Å². The molecule has 1 heterocycles. The third kappa shape index (κ3) is 5.93. The van der Waals surface area contributed by atoms with Gasteiger partial charge in [-0.25, -0.2) is 4.98 Å². The Labute approximate surface area is 134 Å². The summed E-state index contributed by atoms with van der Waals surface area (Å²) in [4.78, 5) is 10.8. The summed E-state index contributed by atoms with van der Waals surface area (Å²) >= 11 is 1.83. The van der Waals surface area contributed by atoms with Gasteiger partial charge in [0.15, 0.2) is 5.13 Å². The number of likely N-dealkylation sites (N-methyl/N-ethyl adjacent to an activating group) is 2. The SMILES string of the molecule is CCN(c1nc(C)c(CNCC(C)C)s1)C(C)CN(C)C. The molecule has 1 aromatic rings. The molecule has 4 nitrogen and oxygen atoms in total. The van der Waals surface area contributed by atoms with Crippen molar-refractivity contribution in [1.82, 2.24) is 15.2 Å². The second-order valence-corrected chi connectivity index (χ2v) is 7.49. The molecule has 0 spiro atoms. The second kappa shape index (κ2) is 8.71. The largest absolute Gasteiger partial charge is 0.344 e. The summed E-state index contributed by atoms with van der Waals surface area (Å²) in [6.45, 7) is 15.1. The molecule has 5 heteroatoms. The summed E-state index contributed by atoms with van der Waals surface area (Å²) in [5, 5.41) is 4.68. The highest BCUT2D eigenvalue weighted by Crippen LogP contribution is 2.27. The van der Waals surface area contributed by atoms with Crippen LogP contribution in [0, 0.1) is 12.8 Å². The maximum absolute atomic E-state index is 4.79. The Hall–Kier alpha value is -0.650. The lowest BCUT2D eigenvalue weighted by molar-refractivity contribution is 0.373. The van der Waals surface area contributed by atoms with Gasteiger partial charge in [-0.15, -0.1) is 11.3 Å². The van der Waals surface area contributed by atoms with Gasteiger partial charge in [0.2, 0.25) is 0 Å². The summed E-state index contributed by atoms with van der Waals surface area (Å²) in [6.07, 6.45) is 0. The first-order valence-corrected chi connectivity index (χ1v) is 8.75. The highest BCUT2D eigenvalue weighted by Gasteiger charge is 2.18. The van der Waals surface area contributed by atoms with Crippen LogP contribution in [0.1, 0.15) is 38.3 Å². The van der Waals surface area contributed by atoms with Crippen molar-refractivity contribution in [2.24, 2.45) is 5.92 Å². The van der Waals surface area contributed by atoms with Crippen molar-refractivity contribution in [2.75, 3.05) is 38.6 Å². The van der Waals surface area contributed by atoms with Gasteiger partial charge in [-0.2, -0.15) is 0 Å². The zero-order valence-electron chi connectivity index (χ0n) is 14.7. The Morgan fingerprint density at radius 1 is 1.24 bits per heavy atom. The molecule has 0 aliphatic rings. The lowest BCUT2D eigenvalue weighted by Gasteiger charge is -2.29. The van der Waals surface area contributed by atoms with Crippen molar-refractivity contribution in [1.29, 1.82) is 0 Å². The fourth-order valence-corrected chi connectivity index (χ4v) is 3.63. The number of hydrogen-bond acceptors (Lipinski definition) is 5. The molecular formula is C16H32N4S. The van der Waals surface area contributed by atoms with Crippen LogP contribution < -0.4 is 10.2 Å². The van der Waals surface area contributed by atoms with Crippen LogP contribution in [0.4, 0.5) is 5.13 Å². The van der Waals surface area contributed by atoms with E-state index < -0.39 is 0 Å². The van der Waals surface area contributed by atoms with E-state index in [0.29, 0.717) is 12.0 Å². The fraction of sp³-hybridized carbons (Fsp3) is 0.812. The van der Waals surface area contributed by atoms with Gasteiger partial charge in [-0.1, -0.05) is 13.8 Å². The molecule has 0 radical (unpaired) electrons. The van der Waals surface area contributed by atoms with Crippen molar-refractivity contribution >= 4 is 16.5 Å². The van der Waals surface area contributed by atoms with E-state index in [1.54, 1.807) is 0 Å². The number of hydrogen-bond donors (Lipinski definition) is 1. The smallest absolute Gasteiger partial charge is 0.186 e. The number of nitrogens with zero attached hydrogens (tertiary/aromatic N) is 3. The van der Waals surface area contributed by atoms with Crippen molar-refractivity contribution in [3.8, 4) is 0 Å². The molecule has 0 amide bonds. The first-order valence-electron chi connectivity index (χ1n) is 7.93. The minimum absolute atomic E-state index is 0.479. The minimum Gasteiger partial charge on any atom is -0.344 e. The number of rotatable bonds is 9. The monoisotopic (exact) mass is 312 g/mol. The van der Waals surface area contributed by atoms with E-state index in [4.69, 9.17) is 4.98 Å². The molecule has 0 fully saturated rings. The normalized spacial score (nSPS) is 13.2. The standard InChI is InChI=1S/C16H32N4S/c1-8-20(13(4)11-19(6)7)16-18-14(5)15(21-16)10-17-9-12(2)3/h12-13,17H,8-11H2,1-7H3. The average molecular weight is 313 g/mol. The minimum atomic E-state index is 0.479. The predicted molar refractivity (Wildman–Crippen MR) is 94.4 cm³/mol. The third-order valence-corrected chi connectivity index (χ3v) is 4.66. The van der Waals surface area contributed by atoms with Crippen molar-refractivity contribution in [2.45, 2.75) is 47.2 Å². The highest BCUT2D eigenvalue weighted by molar-refractivity contribution is 7.15. The molecule has 0 saturated heterocycles. The number of thiazole rings is 1. The molecule has 1 N–H and O–H groups in total. The molecule has 122 valence electrons. The molecule has 1 rings (SSSR count). The molecule has 1 atom stereocenters.